The van der Waals surface area contributed by atoms with Gasteiger partial charge in [-0.25, -0.2) is 4.79 Å². The van der Waals surface area contributed by atoms with Crippen LogP contribution in [0.3, 0.4) is 0 Å². The Morgan fingerprint density at radius 3 is 1.59 bits per heavy atom. The molecule has 0 aromatic heterocycles. The summed E-state index contributed by atoms with van der Waals surface area (Å²) in [5, 5.41) is 0. The van der Waals surface area contributed by atoms with Crippen LogP contribution in [0.15, 0.2) is 30.3 Å². The van der Waals surface area contributed by atoms with Crippen molar-refractivity contribution in [3.05, 3.63) is 69.3 Å². The number of hydrogen-bond acceptors (Lipinski definition) is 3. The predicted octanol–water partition coefficient (Wildman–Crippen LogP) is 7.88. The Morgan fingerprint density at radius 1 is 0.824 bits per heavy atom. The Bertz CT molecular complexity index is 1100. The number of Topliss-reactive ketones (excluding diaryl/α,β-unsaturated/α-hetero) is 1. The number of carbonyl (C=O) groups excluding carboxylic acids is 2. The molecule has 0 spiro atoms. The van der Waals surface area contributed by atoms with Crippen molar-refractivity contribution < 1.29 is 40.5 Å². The van der Waals surface area contributed by atoms with Crippen LogP contribution >= 0.6 is 7.80 Å². The largest absolute Gasteiger partial charge is 0.431 e. The van der Waals surface area contributed by atoms with Gasteiger partial charge in [-0.05, 0) is 55.0 Å². The van der Waals surface area contributed by atoms with E-state index in [2.05, 4.69) is 0 Å². The van der Waals surface area contributed by atoms with Crippen LogP contribution in [-0.2, 0) is 22.3 Å². The van der Waals surface area contributed by atoms with Gasteiger partial charge in [0.2, 0.25) is 11.4 Å². The zero-order valence-electron chi connectivity index (χ0n) is 19.4. The molecule has 0 aliphatic carbocycles. The fourth-order valence-corrected chi connectivity index (χ4v) is 4.89. The summed E-state index contributed by atoms with van der Waals surface area (Å²) in [4.78, 5) is 25.9. The van der Waals surface area contributed by atoms with E-state index in [1.165, 1.54) is 0 Å². The van der Waals surface area contributed by atoms with Gasteiger partial charge in [0.25, 0.3) is 0 Å². The highest BCUT2D eigenvalue weighted by molar-refractivity contribution is 7.66. The normalized spacial score (nSPS) is 14.1. The Labute approximate surface area is 194 Å². The Kier molecular flexibility index (Phi) is 7.54. The maximum atomic E-state index is 13.4. The van der Waals surface area contributed by atoms with Gasteiger partial charge in [0, 0.05) is 5.56 Å². The van der Waals surface area contributed by atoms with Gasteiger partial charge < -0.3 is 0 Å². The number of benzene rings is 2. The second kappa shape index (κ2) is 9.25. The van der Waals surface area contributed by atoms with Crippen molar-refractivity contribution >= 4 is 19.1 Å². The first-order valence-electron chi connectivity index (χ1n) is 10.2. The van der Waals surface area contributed by atoms with Crippen molar-refractivity contribution in [2.75, 3.05) is 0 Å². The number of ketones is 1. The van der Waals surface area contributed by atoms with E-state index < -0.39 is 53.8 Å². The van der Waals surface area contributed by atoms with E-state index in [9.17, 15) is 40.5 Å². The molecule has 2 aromatic rings. The molecule has 184 valence electrons. The number of alkyl halides is 6. The zero-order chi connectivity index (χ0) is 26.4. The van der Waals surface area contributed by atoms with Crippen LogP contribution in [0.25, 0.3) is 0 Å². The molecule has 0 fully saturated rings. The lowest BCUT2D eigenvalue weighted by atomic mass is 9.84. The van der Waals surface area contributed by atoms with E-state index in [1.54, 1.807) is 26.0 Å². The maximum absolute atomic E-state index is 13.4. The van der Waals surface area contributed by atoms with Gasteiger partial charge in [0.05, 0.1) is 16.7 Å². The van der Waals surface area contributed by atoms with Crippen LogP contribution in [-0.4, -0.2) is 17.0 Å². The molecule has 0 saturated carbocycles. The molecule has 2 unspecified atom stereocenters. The van der Waals surface area contributed by atoms with Gasteiger partial charge in [-0.3, -0.25) is 4.79 Å². The van der Waals surface area contributed by atoms with Crippen LogP contribution < -0.4 is 0 Å². The Balaban J connectivity index is 2.57. The first-order valence-corrected chi connectivity index (χ1v) is 11.6. The van der Waals surface area contributed by atoms with Crippen molar-refractivity contribution in [1.82, 2.24) is 0 Å². The fraction of sp³-hybridized carbons (Fsp3) is 0.417. The van der Waals surface area contributed by atoms with Crippen LogP contribution in [0.5, 0.6) is 0 Å². The summed E-state index contributed by atoms with van der Waals surface area (Å²) in [5.74, 6) is -1.66. The molecule has 0 aliphatic heterocycles. The molecule has 0 amide bonds. The summed E-state index contributed by atoms with van der Waals surface area (Å²) in [7, 11) is -3.18. The molecular weight excluding hydrogens is 481 g/mol. The summed E-state index contributed by atoms with van der Waals surface area (Å²) in [6, 6.07) is 4.65. The Morgan fingerprint density at radius 2 is 1.24 bits per heavy atom. The minimum atomic E-state index is -5.27. The summed E-state index contributed by atoms with van der Waals surface area (Å²) in [6.07, 6.45) is -10.5. The maximum Gasteiger partial charge on any atom is 0.431 e. The number of rotatable bonds is 5. The van der Waals surface area contributed by atoms with E-state index in [4.69, 9.17) is 0 Å². The van der Waals surface area contributed by atoms with E-state index >= 15 is 0 Å². The molecule has 0 bridgehead atoms. The molecule has 0 aliphatic rings. The lowest BCUT2D eigenvalue weighted by Gasteiger charge is -2.21. The molecule has 10 heteroatoms. The second-order valence-electron chi connectivity index (χ2n) is 9.13. The lowest BCUT2D eigenvalue weighted by molar-refractivity contribution is -0.143. The molecule has 34 heavy (non-hydrogen) atoms. The third-order valence-corrected chi connectivity index (χ3v) is 7.03. The third-order valence-electron chi connectivity index (χ3n) is 5.47. The van der Waals surface area contributed by atoms with Crippen LogP contribution in [0.4, 0.5) is 26.3 Å². The number of hydrogen-bond donors (Lipinski definition) is 0. The second-order valence-corrected chi connectivity index (χ2v) is 11.0. The van der Waals surface area contributed by atoms with Gasteiger partial charge in [0.15, 0.2) is 0 Å². The minimum absolute atomic E-state index is 0.0360. The van der Waals surface area contributed by atoms with E-state index in [0.29, 0.717) is 29.3 Å². The third kappa shape index (κ3) is 5.57. The van der Waals surface area contributed by atoms with Crippen LogP contribution in [0.2, 0.25) is 0 Å². The SMILES string of the molecule is Cc1cc(C(C)(C)C)cc(C)c1C(=O)[P+](=O)C(C)C(=O)c1c(C(F)(F)F)cccc1C(F)(F)F. The Hall–Kier alpha value is -2.54. The first-order chi connectivity index (χ1) is 15.3. The molecule has 0 heterocycles. The molecule has 2 rings (SSSR count). The lowest BCUT2D eigenvalue weighted by Crippen LogP contribution is -2.25. The number of halogens is 6. The molecular formula is C24H24F6O3P+. The molecule has 0 saturated heterocycles. The molecule has 0 radical (unpaired) electrons. The quantitative estimate of drug-likeness (QED) is 0.236. The zero-order valence-corrected chi connectivity index (χ0v) is 20.3. The molecule has 2 atom stereocenters. The van der Waals surface area contributed by atoms with Gasteiger partial charge in [-0.1, -0.05) is 43.5 Å². The monoisotopic (exact) mass is 505 g/mol. The highest BCUT2D eigenvalue weighted by atomic mass is 31.1. The predicted molar refractivity (Wildman–Crippen MR) is 117 cm³/mol. The summed E-state index contributed by atoms with van der Waals surface area (Å²) < 4.78 is 93.7. The van der Waals surface area contributed by atoms with Crippen molar-refractivity contribution in [2.45, 2.75) is 65.0 Å². The van der Waals surface area contributed by atoms with Gasteiger partial charge in [-0.15, -0.1) is 0 Å². The molecule has 3 nitrogen and oxygen atoms in total. The number of aryl methyl sites for hydroxylation is 2. The van der Waals surface area contributed by atoms with Crippen molar-refractivity contribution in [2.24, 2.45) is 0 Å². The fourth-order valence-electron chi connectivity index (χ4n) is 3.63. The van der Waals surface area contributed by atoms with Crippen molar-refractivity contribution in [1.29, 1.82) is 0 Å². The van der Waals surface area contributed by atoms with Crippen LogP contribution in [0.1, 0.15) is 76.2 Å². The molecule has 2 aromatic carbocycles. The first kappa shape index (κ1) is 27.7. The average molecular weight is 505 g/mol. The van der Waals surface area contributed by atoms with Gasteiger partial charge in [0.1, 0.15) is 0 Å². The standard InChI is InChI=1S/C24H24F6O3P/c1-12-10-15(22(4,5)6)11-13(2)18(12)21(32)34(33)14(3)20(31)19-16(23(25,26)27)8-7-9-17(19)24(28,29)30/h7-11,14H,1-6H3/q+1. The van der Waals surface area contributed by atoms with E-state index in [0.717, 1.165) is 12.5 Å². The summed E-state index contributed by atoms with van der Waals surface area (Å²) >= 11 is 0. The topological polar surface area (TPSA) is 51.2 Å². The van der Waals surface area contributed by atoms with Crippen LogP contribution in [0, 0.1) is 13.8 Å². The van der Waals surface area contributed by atoms with Crippen molar-refractivity contribution in [3.8, 4) is 0 Å². The summed E-state index contributed by atoms with van der Waals surface area (Å²) in [5.41, 5.74) is -6.58. The molecule has 0 N–H and O–H groups in total. The average Bonchev–Trinajstić information content (AvgIpc) is 2.68. The van der Waals surface area contributed by atoms with Gasteiger partial charge in [-0.2, -0.15) is 26.3 Å². The smallest absolute Gasteiger partial charge is 0.289 e. The number of carbonyl (C=O) groups is 2. The summed E-state index contributed by atoms with van der Waals surface area (Å²) in [6.45, 7) is 9.92. The van der Waals surface area contributed by atoms with Crippen molar-refractivity contribution in [3.63, 3.8) is 0 Å². The van der Waals surface area contributed by atoms with E-state index in [-0.39, 0.29) is 11.0 Å². The highest BCUT2D eigenvalue weighted by Crippen LogP contribution is 2.43. The highest BCUT2D eigenvalue weighted by Gasteiger charge is 2.49. The van der Waals surface area contributed by atoms with Gasteiger partial charge >= 0.3 is 25.7 Å². The van der Waals surface area contributed by atoms with E-state index in [1.807, 2.05) is 20.8 Å². The minimum Gasteiger partial charge on any atom is -0.289 e.